The molecular weight excluding hydrogens is 386 g/mol. The number of hydrogen-bond acceptors (Lipinski definition) is 7. The molecule has 0 aliphatic heterocycles. The van der Waals surface area contributed by atoms with Crippen LogP contribution in [0.3, 0.4) is 0 Å². The van der Waals surface area contributed by atoms with Crippen molar-refractivity contribution in [3.8, 4) is 0 Å². The predicted molar refractivity (Wildman–Crippen MR) is 91.8 cm³/mol. The van der Waals surface area contributed by atoms with Crippen molar-refractivity contribution in [1.29, 1.82) is 0 Å². The summed E-state index contributed by atoms with van der Waals surface area (Å²) >= 11 is 5.74. The summed E-state index contributed by atoms with van der Waals surface area (Å²) < 4.78 is 32.5. The third-order valence-corrected chi connectivity index (χ3v) is 4.83. The van der Waals surface area contributed by atoms with Gasteiger partial charge in [0.05, 0.1) is 17.7 Å². The largest absolute Gasteiger partial charge is 0.462 e. The van der Waals surface area contributed by atoms with Crippen molar-refractivity contribution >= 4 is 39.3 Å². The van der Waals surface area contributed by atoms with E-state index < -0.39 is 21.6 Å². The van der Waals surface area contributed by atoms with Crippen LogP contribution in [0.4, 0.5) is 5.95 Å². The predicted octanol–water partition coefficient (Wildman–Crippen LogP) is 1.05. The van der Waals surface area contributed by atoms with E-state index in [1.165, 1.54) is 24.3 Å². The lowest BCUT2D eigenvalue weighted by Crippen LogP contribution is -2.24. The maximum Gasteiger partial charge on any atom is 0.345 e. The number of halogens is 1. The quantitative estimate of drug-likeness (QED) is 0.614. The molecule has 0 aliphatic carbocycles. The van der Waals surface area contributed by atoms with Crippen LogP contribution in [0.1, 0.15) is 17.3 Å². The first-order valence-electron chi connectivity index (χ1n) is 7.25. The van der Waals surface area contributed by atoms with E-state index in [0.717, 1.165) is 10.7 Å². The van der Waals surface area contributed by atoms with E-state index in [-0.39, 0.29) is 28.8 Å². The molecular formula is C14H12ClN5O5S. The van der Waals surface area contributed by atoms with Gasteiger partial charge in [0.1, 0.15) is 5.56 Å². The molecule has 2 N–H and O–H groups in total. The molecule has 0 aliphatic rings. The van der Waals surface area contributed by atoms with E-state index in [1.54, 1.807) is 6.92 Å². The van der Waals surface area contributed by atoms with Gasteiger partial charge in [-0.15, -0.1) is 0 Å². The summed E-state index contributed by atoms with van der Waals surface area (Å²) in [5.41, 5.74) is -1.07. The Morgan fingerprint density at radius 2 is 2.04 bits per heavy atom. The molecule has 10 nitrogen and oxygen atoms in total. The zero-order valence-corrected chi connectivity index (χ0v) is 14.8. The Bertz CT molecular complexity index is 1140. The summed E-state index contributed by atoms with van der Waals surface area (Å²) in [6, 6.07) is 5.48. The second kappa shape index (κ2) is 6.77. The highest BCUT2D eigenvalue weighted by Gasteiger charge is 2.19. The van der Waals surface area contributed by atoms with Crippen LogP contribution in [0.2, 0.25) is 5.02 Å². The van der Waals surface area contributed by atoms with Crippen LogP contribution < -0.4 is 10.3 Å². The topological polar surface area (TPSA) is 136 Å². The number of carbonyl (C=O) groups is 1. The number of sulfonamides is 1. The molecule has 12 heteroatoms. The number of nitrogens with zero attached hydrogens (tertiary/aromatic N) is 3. The average molecular weight is 398 g/mol. The van der Waals surface area contributed by atoms with Gasteiger partial charge >= 0.3 is 5.97 Å². The number of esters is 1. The van der Waals surface area contributed by atoms with Gasteiger partial charge in [0.25, 0.3) is 21.4 Å². The Morgan fingerprint density at radius 1 is 1.35 bits per heavy atom. The van der Waals surface area contributed by atoms with Crippen LogP contribution in [0, 0.1) is 0 Å². The van der Waals surface area contributed by atoms with E-state index in [1.807, 2.05) is 0 Å². The number of fused-ring (bicyclic) bond motifs is 1. The van der Waals surface area contributed by atoms with Crippen molar-refractivity contribution in [2.45, 2.75) is 11.8 Å². The number of carbonyl (C=O) groups excluding carboxylic acids is 1. The second-order valence-electron chi connectivity index (χ2n) is 4.96. The minimum absolute atomic E-state index is 0.0464. The van der Waals surface area contributed by atoms with Gasteiger partial charge in [-0.25, -0.2) is 22.9 Å². The summed E-state index contributed by atoms with van der Waals surface area (Å²) in [7, 11) is -3.96. The molecule has 0 spiro atoms. The second-order valence-corrected chi connectivity index (χ2v) is 7.08. The first-order valence-corrected chi connectivity index (χ1v) is 9.11. The van der Waals surface area contributed by atoms with Crippen LogP contribution in [0.5, 0.6) is 0 Å². The summed E-state index contributed by atoms with van der Waals surface area (Å²) in [5.74, 6) is -1.19. The van der Waals surface area contributed by atoms with Gasteiger partial charge in [0.15, 0.2) is 0 Å². The maximum atomic E-state index is 12.3. The van der Waals surface area contributed by atoms with Crippen LogP contribution in [-0.4, -0.2) is 40.6 Å². The minimum atomic E-state index is -3.96. The monoisotopic (exact) mass is 397 g/mol. The fourth-order valence-electron chi connectivity index (χ4n) is 2.05. The molecule has 136 valence electrons. The van der Waals surface area contributed by atoms with Gasteiger partial charge in [-0.05, 0) is 31.2 Å². The number of aromatic nitrogens is 4. The number of benzene rings is 1. The van der Waals surface area contributed by atoms with E-state index in [9.17, 15) is 18.0 Å². The number of hydrogen-bond donors (Lipinski definition) is 2. The molecule has 0 amide bonds. The molecule has 3 rings (SSSR count). The summed E-state index contributed by atoms with van der Waals surface area (Å²) in [6.07, 6.45) is 1.02. The zero-order valence-electron chi connectivity index (χ0n) is 13.3. The molecule has 0 saturated carbocycles. The average Bonchev–Trinajstić information content (AvgIpc) is 2.98. The lowest BCUT2D eigenvalue weighted by atomic mass is 10.3. The van der Waals surface area contributed by atoms with E-state index in [0.29, 0.717) is 5.02 Å². The number of H-pyrrole nitrogens is 1. The number of rotatable bonds is 5. The molecule has 2 aromatic heterocycles. The molecule has 0 atom stereocenters. The minimum Gasteiger partial charge on any atom is -0.462 e. The normalized spacial score (nSPS) is 11.5. The molecule has 0 saturated heterocycles. The Kier molecular flexibility index (Phi) is 4.66. The molecule has 0 unspecified atom stereocenters. The fourth-order valence-corrected chi connectivity index (χ4v) is 3.14. The van der Waals surface area contributed by atoms with Crippen LogP contribution in [0.15, 0.2) is 40.2 Å². The molecule has 26 heavy (non-hydrogen) atoms. The molecule has 1 aromatic carbocycles. The summed E-state index contributed by atoms with van der Waals surface area (Å²) in [5, 5.41) is 2.83. The Balaban J connectivity index is 1.97. The van der Waals surface area contributed by atoms with E-state index in [2.05, 4.69) is 19.8 Å². The van der Waals surface area contributed by atoms with Gasteiger partial charge in [0, 0.05) is 5.02 Å². The van der Waals surface area contributed by atoms with Crippen molar-refractivity contribution in [2.24, 2.45) is 0 Å². The number of aromatic amines is 1. The highest BCUT2D eigenvalue weighted by Crippen LogP contribution is 2.16. The number of nitrogens with one attached hydrogen (secondary N) is 2. The SMILES string of the molecule is CCOC(=O)c1cnc2nc(NS(=O)(=O)c3ccc(Cl)cc3)[nH]n2c1=O. The maximum absolute atomic E-state index is 12.3. The Labute approximate surface area is 151 Å². The van der Waals surface area contributed by atoms with Crippen LogP contribution in [-0.2, 0) is 14.8 Å². The van der Waals surface area contributed by atoms with Gasteiger partial charge in [-0.3, -0.25) is 9.89 Å². The third kappa shape index (κ3) is 3.39. The van der Waals surface area contributed by atoms with E-state index >= 15 is 0 Å². The van der Waals surface area contributed by atoms with Gasteiger partial charge < -0.3 is 4.74 Å². The molecule has 2 heterocycles. The van der Waals surface area contributed by atoms with Crippen molar-refractivity contribution in [3.05, 3.63) is 51.4 Å². The lowest BCUT2D eigenvalue weighted by Gasteiger charge is -2.04. The molecule has 3 aromatic rings. The fraction of sp³-hybridized carbons (Fsp3) is 0.143. The number of ether oxygens (including phenoxy) is 1. The van der Waals surface area contributed by atoms with E-state index in [4.69, 9.17) is 16.3 Å². The molecule has 0 bridgehead atoms. The first-order chi connectivity index (χ1) is 12.3. The lowest BCUT2D eigenvalue weighted by molar-refractivity contribution is 0.0523. The summed E-state index contributed by atoms with van der Waals surface area (Å²) in [6.45, 7) is 1.69. The third-order valence-electron chi connectivity index (χ3n) is 3.22. The molecule has 0 radical (unpaired) electrons. The van der Waals surface area contributed by atoms with Crippen molar-refractivity contribution in [2.75, 3.05) is 11.3 Å². The van der Waals surface area contributed by atoms with Crippen molar-refractivity contribution in [1.82, 2.24) is 19.6 Å². The van der Waals surface area contributed by atoms with Crippen LogP contribution >= 0.6 is 11.6 Å². The first kappa shape index (κ1) is 17.9. The smallest absolute Gasteiger partial charge is 0.345 e. The van der Waals surface area contributed by atoms with Gasteiger partial charge in [-0.2, -0.15) is 9.50 Å². The van der Waals surface area contributed by atoms with Gasteiger partial charge in [0.2, 0.25) is 5.95 Å². The standard InChI is InChI=1S/C14H12ClN5O5S/c1-2-25-12(22)10-7-16-14-17-13(18-20(14)11(10)21)19-26(23,24)9-5-3-8(15)4-6-9/h3-7H,2H2,1H3,(H2,16,17,18,19). The van der Waals surface area contributed by atoms with Crippen LogP contribution in [0.25, 0.3) is 5.78 Å². The molecule has 0 fully saturated rings. The Morgan fingerprint density at radius 3 is 2.69 bits per heavy atom. The highest BCUT2D eigenvalue weighted by atomic mass is 35.5. The highest BCUT2D eigenvalue weighted by molar-refractivity contribution is 7.92. The summed E-state index contributed by atoms with van der Waals surface area (Å²) in [4.78, 5) is 31.7. The van der Waals surface area contributed by atoms with Crippen molar-refractivity contribution in [3.63, 3.8) is 0 Å². The van der Waals surface area contributed by atoms with Crippen molar-refractivity contribution < 1.29 is 17.9 Å². The Hall–Kier alpha value is -2.92. The zero-order chi connectivity index (χ0) is 18.9. The number of anilines is 1. The van der Waals surface area contributed by atoms with Gasteiger partial charge in [-0.1, -0.05) is 11.6 Å².